The predicted octanol–water partition coefficient (Wildman–Crippen LogP) is 9.75. The summed E-state index contributed by atoms with van der Waals surface area (Å²) in [4.78, 5) is 11.1. The van der Waals surface area contributed by atoms with Gasteiger partial charge in [0, 0.05) is 19.6 Å². The summed E-state index contributed by atoms with van der Waals surface area (Å²) in [6, 6.07) is 4.14. The average molecular weight is 872 g/mol. The molecule has 0 heterocycles. The molecule has 25 heteroatoms. The fourth-order valence-corrected chi connectivity index (χ4v) is 9.89. The lowest BCUT2D eigenvalue weighted by Crippen LogP contribution is -2.74. The van der Waals surface area contributed by atoms with Gasteiger partial charge < -0.3 is 19.0 Å². The lowest BCUT2D eigenvalue weighted by Gasteiger charge is -2.44. The molecule has 326 valence electrons. The van der Waals surface area contributed by atoms with Gasteiger partial charge in [-0.05, 0) is 41.2 Å². The number of amides is 1. The lowest BCUT2D eigenvalue weighted by atomic mass is 9.88. The van der Waals surface area contributed by atoms with Crippen LogP contribution >= 0.6 is 0 Å². The van der Waals surface area contributed by atoms with Crippen molar-refractivity contribution in [2.45, 2.75) is 118 Å². The maximum atomic E-state index is 14.8. The molecule has 1 amide bonds. The number of aliphatic hydroxyl groups excluding tert-OH is 1. The first-order valence-electron chi connectivity index (χ1n) is 16.0. The summed E-state index contributed by atoms with van der Waals surface area (Å²) in [5, 5.41) is 19.1. The largest absolute Gasteiger partial charge is 0.491 e. The van der Waals surface area contributed by atoms with Gasteiger partial charge in [0.2, 0.25) is 0 Å². The number of methoxy groups -OCH3 is 1. The van der Waals surface area contributed by atoms with E-state index in [2.05, 4.69) is 0 Å². The van der Waals surface area contributed by atoms with Crippen LogP contribution in [0.2, 0.25) is 17.1 Å². The molecule has 0 saturated carbocycles. The lowest BCUT2D eigenvalue weighted by molar-refractivity contribution is -0.461. The smallest absolute Gasteiger partial charge is 0.460 e. The number of alkyl halides is 17. The second-order valence-electron chi connectivity index (χ2n) is 13.0. The Labute approximate surface area is 309 Å². The van der Waals surface area contributed by atoms with Gasteiger partial charge in [-0.3, -0.25) is 10.0 Å². The van der Waals surface area contributed by atoms with Crippen LogP contribution in [0.25, 0.3) is 0 Å². The number of ether oxygens (including phenoxy) is 2. The van der Waals surface area contributed by atoms with Gasteiger partial charge in [-0.15, -0.1) is 0 Å². The summed E-state index contributed by atoms with van der Waals surface area (Å²) in [6.07, 6.45) is -10.2. The molecule has 0 saturated heterocycles. The molecule has 0 spiro atoms. The summed E-state index contributed by atoms with van der Waals surface area (Å²) < 4.78 is 250. The van der Waals surface area contributed by atoms with Crippen LogP contribution in [0.1, 0.15) is 52.2 Å². The Kier molecular flexibility index (Phi) is 16.4. The molecule has 1 aromatic carbocycles. The van der Waals surface area contributed by atoms with Gasteiger partial charge in [-0.2, -0.15) is 74.6 Å². The van der Waals surface area contributed by atoms with Crippen molar-refractivity contribution in [3.8, 4) is 5.75 Å². The zero-order valence-corrected chi connectivity index (χ0v) is 30.8. The number of rotatable bonds is 22. The van der Waals surface area contributed by atoms with E-state index in [0.717, 1.165) is 6.08 Å². The maximum Gasteiger partial charge on any atom is 0.460 e. The molecule has 0 unspecified atom stereocenters. The number of nitrogens with one attached hydrogen (secondary N) is 1. The van der Waals surface area contributed by atoms with Gasteiger partial charge in [0.15, 0.2) is 8.32 Å². The van der Waals surface area contributed by atoms with E-state index in [4.69, 9.17) is 19.1 Å². The third kappa shape index (κ3) is 9.68. The first-order chi connectivity index (χ1) is 25.1. The van der Waals surface area contributed by atoms with E-state index < -0.39 is 111 Å². The highest BCUT2D eigenvalue weighted by atomic mass is 28.4. The van der Waals surface area contributed by atoms with Crippen LogP contribution in [0.3, 0.4) is 0 Å². The first kappa shape index (κ1) is 51.1. The minimum absolute atomic E-state index is 0.0260. The Morgan fingerprint density at radius 3 is 1.59 bits per heavy atom. The molecule has 0 fully saturated rings. The Hall–Kier alpha value is -2.90. The van der Waals surface area contributed by atoms with Crippen molar-refractivity contribution in [1.82, 2.24) is 5.48 Å². The fraction of sp³-hybridized carbons (Fsp3) is 0.710. The Balaban J connectivity index is 3.21. The van der Waals surface area contributed by atoms with Crippen molar-refractivity contribution in [2.24, 2.45) is 0 Å². The van der Waals surface area contributed by atoms with Gasteiger partial charge in [0.25, 0.3) is 5.91 Å². The molecule has 0 aliphatic rings. The number of hydroxylamine groups is 1. The van der Waals surface area contributed by atoms with Crippen molar-refractivity contribution in [3.63, 3.8) is 0 Å². The second-order valence-corrected chi connectivity index (χ2v) is 18.0. The van der Waals surface area contributed by atoms with Gasteiger partial charge in [-0.1, -0.05) is 45.9 Å². The number of halogens is 17. The molecule has 1 aromatic rings. The number of carbonyl (C=O) groups is 1. The van der Waals surface area contributed by atoms with Crippen LogP contribution in [0.15, 0.2) is 36.4 Å². The van der Waals surface area contributed by atoms with Crippen molar-refractivity contribution in [2.75, 3.05) is 20.3 Å². The Bertz CT molecular complexity index is 1450. The standard InChI is InChI=1S/C31H38F17NO6Si/c1-17(2)56(18(3)4,55-15-14-54-20-11-9-19(10-12-20)23(51)21(53-5)7-6-8-22(50)49-52)16-13-24(32,33)25(34,35)26(36,37)27(38,39)28(40,41)29(42,43)30(44,45)31(46,47)48/h6,8-12,17-18,21,23,51-52H,7,13-16H2,1-5H3,(H,49,50)/b8-6+/t21-,23-/m0/s1. The minimum Gasteiger partial charge on any atom is -0.491 e. The van der Waals surface area contributed by atoms with E-state index in [0.29, 0.717) is 5.56 Å². The van der Waals surface area contributed by atoms with Gasteiger partial charge >= 0.3 is 47.6 Å². The maximum absolute atomic E-state index is 14.8. The quantitative estimate of drug-likeness (QED) is 0.0268. The van der Waals surface area contributed by atoms with Crippen LogP contribution in [0, 0.1) is 0 Å². The molecule has 1 rings (SSSR count). The van der Waals surface area contributed by atoms with E-state index in [1.807, 2.05) is 0 Å². The topological polar surface area (TPSA) is 97.3 Å². The van der Waals surface area contributed by atoms with Crippen LogP contribution in [-0.4, -0.2) is 98.6 Å². The molecule has 0 aromatic heterocycles. The van der Waals surface area contributed by atoms with Crippen LogP contribution in [-0.2, 0) is 14.0 Å². The molecule has 0 aliphatic heterocycles. The van der Waals surface area contributed by atoms with Crippen molar-refractivity contribution < 1.29 is 104 Å². The molecule has 2 atom stereocenters. The Morgan fingerprint density at radius 2 is 1.18 bits per heavy atom. The number of aliphatic hydroxyl groups is 1. The van der Waals surface area contributed by atoms with Crippen molar-refractivity contribution in [3.05, 3.63) is 42.0 Å². The van der Waals surface area contributed by atoms with Crippen LogP contribution < -0.4 is 10.2 Å². The molecule has 0 aliphatic carbocycles. The number of carbonyl (C=O) groups excluding carboxylic acids is 1. The van der Waals surface area contributed by atoms with Crippen LogP contribution in [0.5, 0.6) is 5.75 Å². The average Bonchev–Trinajstić information content (AvgIpc) is 3.08. The first-order valence-corrected chi connectivity index (χ1v) is 18.3. The summed E-state index contributed by atoms with van der Waals surface area (Å²) in [6.45, 7) is 4.32. The molecular formula is C31H38F17NO6Si. The normalized spacial score (nSPS) is 15.8. The third-order valence-electron chi connectivity index (χ3n) is 8.92. The van der Waals surface area contributed by atoms with Gasteiger partial charge in [-0.25, -0.2) is 5.48 Å². The van der Waals surface area contributed by atoms with Gasteiger partial charge in [0.1, 0.15) is 18.5 Å². The highest BCUT2D eigenvalue weighted by molar-refractivity contribution is 6.76. The Morgan fingerprint density at radius 1 is 0.732 bits per heavy atom. The number of benzene rings is 1. The predicted molar refractivity (Wildman–Crippen MR) is 163 cm³/mol. The molecule has 0 bridgehead atoms. The third-order valence-corrected chi connectivity index (χ3v) is 14.6. The number of hydrogen-bond acceptors (Lipinski definition) is 6. The molecule has 7 nitrogen and oxygen atoms in total. The monoisotopic (exact) mass is 871 g/mol. The molecule has 3 N–H and O–H groups in total. The highest BCUT2D eigenvalue weighted by Gasteiger charge is 2.95. The van der Waals surface area contributed by atoms with Crippen molar-refractivity contribution >= 4 is 14.2 Å². The van der Waals surface area contributed by atoms with Gasteiger partial charge in [0.05, 0.1) is 12.7 Å². The van der Waals surface area contributed by atoms with E-state index in [-0.39, 0.29) is 12.2 Å². The molecular weight excluding hydrogens is 833 g/mol. The SMILES string of the molecule is CO[C@@H](C/C=C/C(=O)NO)[C@@H](O)c1ccc(OCCO[Si](CCC(F)(F)C(F)(F)C(F)(F)C(F)(F)C(F)(F)C(F)(F)C(F)(F)C(F)(F)F)(C(C)C)C(C)C)cc1. The molecule has 0 radical (unpaired) electrons. The minimum atomic E-state index is -8.69. The highest BCUT2D eigenvalue weighted by Crippen LogP contribution is 2.64. The van der Waals surface area contributed by atoms with E-state index in [1.54, 1.807) is 0 Å². The summed E-state index contributed by atoms with van der Waals surface area (Å²) in [7, 11) is -2.70. The molecule has 56 heavy (non-hydrogen) atoms. The van der Waals surface area contributed by atoms with E-state index in [9.17, 15) is 84.5 Å². The van der Waals surface area contributed by atoms with Crippen molar-refractivity contribution in [1.29, 1.82) is 0 Å². The second kappa shape index (κ2) is 17.9. The van der Waals surface area contributed by atoms with E-state index >= 15 is 0 Å². The zero-order chi connectivity index (χ0) is 44.1. The van der Waals surface area contributed by atoms with E-state index in [1.165, 1.54) is 70.6 Å². The summed E-state index contributed by atoms with van der Waals surface area (Å²) >= 11 is 0. The van der Waals surface area contributed by atoms with Crippen LogP contribution in [0.4, 0.5) is 74.6 Å². The fourth-order valence-electron chi connectivity index (χ4n) is 5.42. The summed E-state index contributed by atoms with van der Waals surface area (Å²) in [5.41, 5.74) is -0.0796. The zero-order valence-electron chi connectivity index (χ0n) is 29.8. The summed E-state index contributed by atoms with van der Waals surface area (Å²) in [5.74, 6) is -57.5. The number of hydrogen-bond donors (Lipinski definition) is 3.